The lowest BCUT2D eigenvalue weighted by molar-refractivity contribution is -0.137. The number of fused-ring (bicyclic) bond motifs is 1. The lowest BCUT2D eigenvalue weighted by Gasteiger charge is -2.40. The normalized spacial score (nSPS) is 24.9. The Bertz CT molecular complexity index is 586. The molecule has 2 aliphatic rings. The number of methoxy groups -OCH3 is 1. The van der Waals surface area contributed by atoms with E-state index in [1.807, 2.05) is 0 Å². The van der Waals surface area contributed by atoms with E-state index in [1.165, 1.54) is 11.1 Å². The molecule has 1 heterocycles. The minimum atomic E-state index is -0.387. The first kappa shape index (κ1) is 17.4. The number of carbonyl (C=O) groups excluding carboxylic acids is 1. The van der Waals surface area contributed by atoms with E-state index in [2.05, 4.69) is 48.7 Å². The van der Waals surface area contributed by atoms with E-state index in [0.717, 1.165) is 38.8 Å². The van der Waals surface area contributed by atoms with Gasteiger partial charge in [0.1, 0.15) is 0 Å². The average Bonchev–Trinajstić information content (AvgIpc) is 2.59. The molecule has 0 spiro atoms. The topological polar surface area (TPSA) is 50.4 Å². The number of amides is 1. The van der Waals surface area contributed by atoms with Crippen LogP contribution in [0.25, 0.3) is 0 Å². The van der Waals surface area contributed by atoms with Crippen molar-refractivity contribution in [2.45, 2.75) is 51.0 Å². The van der Waals surface area contributed by atoms with Gasteiger partial charge in [-0.25, -0.2) is 0 Å². The third-order valence-electron chi connectivity index (χ3n) is 5.89. The molecule has 0 aromatic heterocycles. The highest BCUT2D eigenvalue weighted by molar-refractivity contribution is 5.83. The van der Waals surface area contributed by atoms with Crippen molar-refractivity contribution < 1.29 is 9.53 Å². The number of benzene rings is 1. The number of hydrogen-bond acceptors (Lipinski definition) is 3. The van der Waals surface area contributed by atoms with Crippen molar-refractivity contribution in [2.24, 2.45) is 5.41 Å². The molecular formula is C20H30N2O2. The maximum atomic E-state index is 13.1. The smallest absolute Gasteiger partial charge is 0.229 e. The summed E-state index contributed by atoms with van der Waals surface area (Å²) in [6.45, 7) is 6.85. The Morgan fingerprint density at radius 1 is 1.25 bits per heavy atom. The molecule has 1 aliphatic heterocycles. The number of hydrogen-bond donors (Lipinski definition) is 2. The molecule has 1 atom stereocenters. The Balaban J connectivity index is 1.81. The second kappa shape index (κ2) is 6.85. The van der Waals surface area contributed by atoms with E-state index >= 15 is 0 Å². The Morgan fingerprint density at radius 3 is 2.67 bits per heavy atom. The van der Waals surface area contributed by atoms with Crippen LogP contribution in [0.4, 0.5) is 0 Å². The van der Waals surface area contributed by atoms with Crippen molar-refractivity contribution in [1.29, 1.82) is 0 Å². The zero-order valence-corrected chi connectivity index (χ0v) is 15.2. The highest BCUT2D eigenvalue weighted by Crippen LogP contribution is 2.42. The minimum Gasteiger partial charge on any atom is -0.384 e. The molecule has 1 aromatic carbocycles. The first-order valence-electron chi connectivity index (χ1n) is 9.09. The van der Waals surface area contributed by atoms with Crippen LogP contribution in [0.15, 0.2) is 24.3 Å². The highest BCUT2D eigenvalue weighted by atomic mass is 16.5. The Hall–Kier alpha value is -1.39. The molecule has 2 N–H and O–H groups in total. The number of ether oxygens (including phenoxy) is 1. The average molecular weight is 330 g/mol. The van der Waals surface area contributed by atoms with Gasteiger partial charge >= 0.3 is 0 Å². The molecule has 4 heteroatoms. The van der Waals surface area contributed by atoms with Gasteiger partial charge in [0.15, 0.2) is 0 Å². The summed E-state index contributed by atoms with van der Waals surface area (Å²) in [6.07, 6.45) is 3.77. The predicted octanol–water partition coefficient (Wildman–Crippen LogP) is 2.93. The van der Waals surface area contributed by atoms with Gasteiger partial charge in [0.25, 0.3) is 0 Å². The molecule has 3 rings (SSSR count). The fraction of sp³-hybridized carbons (Fsp3) is 0.650. The Kier molecular flexibility index (Phi) is 4.97. The van der Waals surface area contributed by atoms with Gasteiger partial charge in [0, 0.05) is 7.11 Å². The summed E-state index contributed by atoms with van der Waals surface area (Å²) >= 11 is 0. The molecule has 0 radical (unpaired) electrons. The fourth-order valence-electron chi connectivity index (χ4n) is 4.29. The molecule has 24 heavy (non-hydrogen) atoms. The summed E-state index contributed by atoms with van der Waals surface area (Å²) in [7, 11) is 1.69. The van der Waals surface area contributed by atoms with E-state index < -0.39 is 0 Å². The zero-order valence-electron chi connectivity index (χ0n) is 15.2. The molecule has 0 bridgehead atoms. The highest BCUT2D eigenvalue weighted by Gasteiger charge is 2.42. The van der Waals surface area contributed by atoms with Crippen molar-refractivity contribution in [3.63, 3.8) is 0 Å². The number of nitrogens with one attached hydrogen (secondary N) is 2. The second-order valence-corrected chi connectivity index (χ2v) is 8.00. The standard InChI is InChI=1S/C20H30N2O2/c1-19(2)9-8-17(15-6-4-5-7-16(15)19)22-18(23)20(14-24-3)10-12-21-13-11-20/h4-7,17,21H,8-14H2,1-3H3,(H,22,23). The van der Waals surface area contributed by atoms with Gasteiger partial charge < -0.3 is 15.4 Å². The van der Waals surface area contributed by atoms with Crippen LogP contribution >= 0.6 is 0 Å². The van der Waals surface area contributed by atoms with Crippen LogP contribution in [0, 0.1) is 5.41 Å². The van der Waals surface area contributed by atoms with Crippen LogP contribution in [-0.2, 0) is 14.9 Å². The van der Waals surface area contributed by atoms with Crippen LogP contribution < -0.4 is 10.6 Å². The van der Waals surface area contributed by atoms with Crippen molar-refractivity contribution in [3.05, 3.63) is 35.4 Å². The van der Waals surface area contributed by atoms with Crippen LogP contribution in [0.2, 0.25) is 0 Å². The van der Waals surface area contributed by atoms with Gasteiger partial charge in [0.05, 0.1) is 18.1 Å². The van der Waals surface area contributed by atoms with Crippen LogP contribution in [0.3, 0.4) is 0 Å². The zero-order chi connectivity index (χ0) is 17.2. The number of piperidine rings is 1. The quantitative estimate of drug-likeness (QED) is 0.892. The molecule has 132 valence electrons. The van der Waals surface area contributed by atoms with Crippen LogP contribution in [-0.4, -0.2) is 32.7 Å². The van der Waals surface area contributed by atoms with Crippen LogP contribution in [0.1, 0.15) is 56.7 Å². The molecular weight excluding hydrogens is 300 g/mol. The van der Waals surface area contributed by atoms with Crippen molar-refractivity contribution in [1.82, 2.24) is 10.6 Å². The van der Waals surface area contributed by atoms with Gasteiger partial charge in [0.2, 0.25) is 5.91 Å². The lowest BCUT2D eigenvalue weighted by atomic mass is 9.70. The van der Waals surface area contributed by atoms with Crippen molar-refractivity contribution in [2.75, 3.05) is 26.8 Å². The lowest BCUT2D eigenvalue weighted by Crippen LogP contribution is -2.51. The molecule has 0 saturated carbocycles. The summed E-state index contributed by atoms with van der Waals surface area (Å²) in [4.78, 5) is 13.1. The summed E-state index contributed by atoms with van der Waals surface area (Å²) in [5, 5.41) is 6.71. The van der Waals surface area contributed by atoms with Gasteiger partial charge in [-0.15, -0.1) is 0 Å². The molecule has 1 saturated heterocycles. The van der Waals surface area contributed by atoms with Gasteiger partial charge in [-0.3, -0.25) is 4.79 Å². The minimum absolute atomic E-state index is 0.116. The fourth-order valence-corrected chi connectivity index (χ4v) is 4.29. The maximum absolute atomic E-state index is 13.1. The van der Waals surface area contributed by atoms with Crippen molar-refractivity contribution in [3.8, 4) is 0 Å². The summed E-state index contributed by atoms with van der Waals surface area (Å²) < 4.78 is 5.41. The number of rotatable bonds is 4. The molecule has 1 amide bonds. The maximum Gasteiger partial charge on any atom is 0.229 e. The Labute approximate surface area is 145 Å². The molecule has 1 aliphatic carbocycles. The summed E-state index contributed by atoms with van der Waals surface area (Å²) in [5.41, 5.74) is 2.44. The van der Waals surface area contributed by atoms with E-state index in [9.17, 15) is 4.79 Å². The predicted molar refractivity (Wildman–Crippen MR) is 96.0 cm³/mol. The van der Waals surface area contributed by atoms with E-state index in [4.69, 9.17) is 4.74 Å². The summed E-state index contributed by atoms with van der Waals surface area (Å²) in [6, 6.07) is 8.68. The van der Waals surface area contributed by atoms with E-state index in [-0.39, 0.29) is 22.8 Å². The second-order valence-electron chi connectivity index (χ2n) is 8.00. The molecule has 1 aromatic rings. The Morgan fingerprint density at radius 2 is 1.96 bits per heavy atom. The monoisotopic (exact) mass is 330 g/mol. The first-order valence-corrected chi connectivity index (χ1v) is 9.09. The third kappa shape index (κ3) is 3.22. The summed E-state index contributed by atoms with van der Waals surface area (Å²) in [5.74, 6) is 0.158. The number of carbonyl (C=O) groups is 1. The van der Waals surface area contributed by atoms with E-state index in [1.54, 1.807) is 7.11 Å². The SMILES string of the molecule is COCC1(C(=O)NC2CCC(C)(C)c3ccccc32)CCNCC1. The molecule has 1 fully saturated rings. The van der Waals surface area contributed by atoms with Gasteiger partial charge in [-0.2, -0.15) is 0 Å². The molecule has 4 nitrogen and oxygen atoms in total. The van der Waals surface area contributed by atoms with Gasteiger partial charge in [-0.1, -0.05) is 38.1 Å². The van der Waals surface area contributed by atoms with Crippen LogP contribution in [0.5, 0.6) is 0 Å². The van der Waals surface area contributed by atoms with Gasteiger partial charge in [-0.05, 0) is 55.3 Å². The van der Waals surface area contributed by atoms with Crippen molar-refractivity contribution >= 4 is 5.91 Å². The van der Waals surface area contributed by atoms with E-state index in [0.29, 0.717) is 6.61 Å². The first-order chi connectivity index (χ1) is 11.5. The molecule has 1 unspecified atom stereocenters. The largest absolute Gasteiger partial charge is 0.384 e. The third-order valence-corrected chi connectivity index (χ3v) is 5.89.